The highest BCUT2D eigenvalue weighted by atomic mass is 31.2. The van der Waals surface area contributed by atoms with Gasteiger partial charge in [0.15, 0.2) is 5.60 Å². The number of aliphatic hydroxyl groups is 2. The lowest BCUT2D eigenvalue weighted by Gasteiger charge is -2.18. The van der Waals surface area contributed by atoms with Crippen LogP contribution in [0, 0.1) is 12.3 Å². The molecule has 0 radical (unpaired) electrons. The zero-order valence-electron chi connectivity index (χ0n) is 6.04. The van der Waals surface area contributed by atoms with Crippen molar-refractivity contribution >= 4 is 7.82 Å². The van der Waals surface area contributed by atoms with Crippen LogP contribution in [0.3, 0.4) is 0 Å². The molecule has 0 fully saturated rings. The predicted molar refractivity (Wildman–Crippen MR) is 38.9 cm³/mol. The first-order chi connectivity index (χ1) is 5.33. The van der Waals surface area contributed by atoms with Gasteiger partial charge in [0.1, 0.15) is 6.61 Å². The topological polar surface area (TPSA) is 107 Å². The lowest BCUT2D eigenvalue weighted by atomic mass is 10.1. The molecular weight excluding hydrogens is 187 g/mol. The fourth-order valence-corrected chi connectivity index (χ4v) is 0.706. The Hall–Kier alpha value is -0.410. The van der Waals surface area contributed by atoms with Gasteiger partial charge in [0.05, 0.1) is 6.61 Å². The van der Waals surface area contributed by atoms with E-state index in [9.17, 15) is 4.57 Å². The normalized spacial score (nSPS) is 16.6. The molecular formula is C5H9O6P. The summed E-state index contributed by atoms with van der Waals surface area (Å²) in [6, 6.07) is 0. The number of phosphoric ester groups is 1. The Bertz CT molecular complexity index is 227. The van der Waals surface area contributed by atoms with Crippen LogP contribution >= 0.6 is 7.82 Å². The monoisotopic (exact) mass is 196 g/mol. The number of terminal acetylenes is 1. The van der Waals surface area contributed by atoms with Gasteiger partial charge in [-0.25, -0.2) is 4.57 Å². The Morgan fingerprint density at radius 2 is 2.08 bits per heavy atom. The third-order valence-corrected chi connectivity index (χ3v) is 1.47. The van der Waals surface area contributed by atoms with E-state index >= 15 is 0 Å². The van der Waals surface area contributed by atoms with Gasteiger partial charge in [0.2, 0.25) is 0 Å². The summed E-state index contributed by atoms with van der Waals surface area (Å²) >= 11 is 0. The highest BCUT2D eigenvalue weighted by Crippen LogP contribution is 2.36. The Morgan fingerprint density at radius 3 is 2.33 bits per heavy atom. The molecule has 70 valence electrons. The summed E-state index contributed by atoms with van der Waals surface area (Å²) in [7, 11) is -4.66. The van der Waals surface area contributed by atoms with Crippen LogP contribution in [0.15, 0.2) is 0 Å². The van der Waals surface area contributed by atoms with Crippen LogP contribution in [-0.2, 0) is 9.09 Å². The molecule has 0 saturated carbocycles. The van der Waals surface area contributed by atoms with Crippen LogP contribution in [0.4, 0.5) is 0 Å². The Morgan fingerprint density at radius 1 is 1.58 bits per heavy atom. The zero-order valence-corrected chi connectivity index (χ0v) is 6.94. The summed E-state index contributed by atoms with van der Waals surface area (Å²) < 4.78 is 14.0. The average molecular weight is 196 g/mol. The van der Waals surface area contributed by atoms with Crippen molar-refractivity contribution in [2.45, 2.75) is 5.60 Å². The smallest absolute Gasteiger partial charge is 0.392 e. The quantitative estimate of drug-likeness (QED) is 0.320. The molecule has 0 spiro atoms. The first kappa shape index (κ1) is 11.6. The molecule has 12 heavy (non-hydrogen) atoms. The molecule has 1 atom stereocenters. The number of aliphatic hydroxyl groups excluding tert-OH is 1. The van der Waals surface area contributed by atoms with E-state index < -0.39 is 26.6 Å². The first-order valence-corrected chi connectivity index (χ1v) is 4.37. The molecule has 7 heteroatoms. The summed E-state index contributed by atoms with van der Waals surface area (Å²) in [4.78, 5) is 16.4. The van der Waals surface area contributed by atoms with Crippen molar-refractivity contribution in [1.29, 1.82) is 0 Å². The van der Waals surface area contributed by atoms with Crippen molar-refractivity contribution in [3.63, 3.8) is 0 Å². The maximum atomic E-state index is 10.1. The second-order valence-electron chi connectivity index (χ2n) is 2.10. The van der Waals surface area contributed by atoms with E-state index in [-0.39, 0.29) is 0 Å². The van der Waals surface area contributed by atoms with Gasteiger partial charge in [-0.05, 0) is 0 Å². The van der Waals surface area contributed by atoms with E-state index in [1.165, 1.54) is 0 Å². The number of rotatable bonds is 4. The van der Waals surface area contributed by atoms with Gasteiger partial charge in [-0.2, -0.15) is 0 Å². The van der Waals surface area contributed by atoms with Crippen molar-refractivity contribution in [2.24, 2.45) is 0 Å². The van der Waals surface area contributed by atoms with E-state index in [2.05, 4.69) is 4.52 Å². The van der Waals surface area contributed by atoms with Crippen molar-refractivity contribution in [3.05, 3.63) is 0 Å². The molecule has 0 bridgehead atoms. The van der Waals surface area contributed by atoms with Crippen molar-refractivity contribution in [3.8, 4) is 12.3 Å². The second kappa shape index (κ2) is 4.01. The van der Waals surface area contributed by atoms with Gasteiger partial charge >= 0.3 is 7.82 Å². The molecule has 0 heterocycles. The van der Waals surface area contributed by atoms with Crippen LogP contribution in [0.1, 0.15) is 0 Å². The van der Waals surface area contributed by atoms with Gasteiger partial charge in [0.25, 0.3) is 0 Å². The van der Waals surface area contributed by atoms with Crippen LogP contribution < -0.4 is 0 Å². The van der Waals surface area contributed by atoms with Gasteiger partial charge < -0.3 is 20.0 Å². The SMILES string of the molecule is C#CC(O)(CO)COP(=O)(O)O. The predicted octanol–water partition coefficient (Wildman–Crippen LogP) is -1.55. The van der Waals surface area contributed by atoms with Crippen molar-refractivity contribution in [1.82, 2.24) is 0 Å². The van der Waals surface area contributed by atoms with E-state index in [0.29, 0.717) is 0 Å². The van der Waals surface area contributed by atoms with E-state index in [4.69, 9.17) is 26.4 Å². The minimum absolute atomic E-state index is 0.815. The summed E-state index contributed by atoms with van der Waals surface area (Å²) in [5, 5.41) is 17.5. The highest BCUT2D eigenvalue weighted by molar-refractivity contribution is 7.46. The van der Waals surface area contributed by atoms with Crippen LogP contribution in [0.5, 0.6) is 0 Å². The average Bonchev–Trinajstić information content (AvgIpc) is 1.99. The molecule has 0 saturated heterocycles. The molecule has 0 aliphatic rings. The first-order valence-electron chi connectivity index (χ1n) is 2.84. The lowest BCUT2D eigenvalue weighted by molar-refractivity contribution is -0.00932. The van der Waals surface area contributed by atoms with Gasteiger partial charge in [-0.15, -0.1) is 6.42 Å². The lowest BCUT2D eigenvalue weighted by Crippen LogP contribution is -2.36. The minimum atomic E-state index is -4.66. The molecule has 0 rings (SSSR count). The molecule has 4 N–H and O–H groups in total. The third-order valence-electron chi connectivity index (χ3n) is 1.00. The van der Waals surface area contributed by atoms with E-state index in [1.54, 1.807) is 5.92 Å². The summed E-state index contributed by atoms with van der Waals surface area (Å²) in [6.45, 7) is -1.65. The summed E-state index contributed by atoms with van der Waals surface area (Å²) in [5.74, 6) is 1.74. The Labute approximate surface area is 69.0 Å². The molecule has 6 nitrogen and oxygen atoms in total. The highest BCUT2D eigenvalue weighted by Gasteiger charge is 2.27. The largest absolute Gasteiger partial charge is 0.469 e. The standard InChI is InChI=1S/C5H9O6P/c1-2-5(7,3-6)4-11-12(8,9)10/h1,6-7H,3-4H2,(H2,8,9,10). The van der Waals surface area contributed by atoms with E-state index in [1.807, 2.05) is 0 Å². The number of hydrogen-bond donors (Lipinski definition) is 4. The van der Waals surface area contributed by atoms with Crippen molar-refractivity contribution in [2.75, 3.05) is 13.2 Å². The van der Waals surface area contributed by atoms with Gasteiger partial charge in [-0.3, -0.25) is 4.52 Å². The molecule has 0 aromatic carbocycles. The van der Waals surface area contributed by atoms with Crippen LogP contribution in [-0.4, -0.2) is 38.8 Å². The summed E-state index contributed by atoms with van der Waals surface area (Å²) in [5.41, 5.74) is -2.04. The summed E-state index contributed by atoms with van der Waals surface area (Å²) in [6.07, 6.45) is 4.75. The Kier molecular flexibility index (Phi) is 3.87. The van der Waals surface area contributed by atoms with Gasteiger partial charge in [0, 0.05) is 0 Å². The maximum absolute atomic E-state index is 10.1. The third kappa shape index (κ3) is 4.46. The Balaban J connectivity index is 4.10. The van der Waals surface area contributed by atoms with E-state index in [0.717, 1.165) is 0 Å². The molecule has 0 aromatic rings. The van der Waals surface area contributed by atoms with Gasteiger partial charge in [-0.1, -0.05) is 5.92 Å². The number of hydrogen-bond acceptors (Lipinski definition) is 4. The molecule has 0 aliphatic heterocycles. The molecule has 0 aliphatic carbocycles. The zero-order chi connectivity index (χ0) is 9.83. The fourth-order valence-electron chi connectivity index (χ4n) is 0.324. The molecule has 0 amide bonds. The fraction of sp³-hybridized carbons (Fsp3) is 0.600. The van der Waals surface area contributed by atoms with Crippen LogP contribution in [0.25, 0.3) is 0 Å². The molecule has 1 unspecified atom stereocenters. The van der Waals surface area contributed by atoms with Crippen LogP contribution in [0.2, 0.25) is 0 Å². The maximum Gasteiger partial charge on any atom is 0.469 e. The molecule has 0 aromatic heterocycles. The second-order valence-corrected chi connectivity index (χ2v) is 3.34. The van der Waals surface area contributed by atoms with Crippen molar-refractivity contribution < 1.29 is 29.1 Å². The number of phosphoric acid groups is 1. The minimum Gasteiger partial charge on any atom is -0.392 e.